The second-order valence-electron chi connectivity index (χ2n) is 8.13. The molecule has 0 aliphatic carbocycles. The van der Waals surface area contributed by atoms with Crippen molar-refractivity contribution in [3.63, 3.8) is 0 Å². The van der Waals surface area contributed by atoms with Crippen LogP contribution in [0.3, 0.4) is 0 Å². The fraction of sp³-hybridized carbons (Fsp3) is 0.789. The average Bonchev–Trinajstić information content (AvgIpc) is 3.03. The third-order valence-electron chi connectivity index (χ3n) is 5.99. The van der Waals surface area contributed by atoms with E-state index >= 15 is 0 Å². The first-order valence-electron chi connectivity index (χ1n) is 8.91. The number of likely N-dealkylation sites (tertiary alicyclic amines) is 2. The van der Waals surface area contributed by atoms with Crippen LogP contribution in [0.2, 0.25) is 0 Å². The van der Waals surface area contributed by atoms with Crippen molar-refractivity contribution in [2.24, 2.45) is 11.8 Å². The fourth-order valence-corrected chi connectivity index (χ4v) is 4.41. The molecule has 2 rings (SSSR count). The predicted molar refractivity (Wildman–Crippen MR) is 92.0 cm³/mol. The van der Waals surface area contributed by atoms with Crippen LogP contribution in [0.15, 0.2) is 25.3 Å². The van der Waals surface area contributed by atoms with Crippen LogP contribution in [0.1, 0.15) is 32.1 Å². The lowest BCUT2D eigenvalue weighted by molar-refractivity contribution is -0.901. The largest absolute Gasteiger partial charge is 0.326 e. The van der Waals surface area contributed by atoms with Crippen LogP contribution in [-0.2, 0) is 0 Å². The Bertz CT molecular complexity index is 331. The number of hydrogen-bond donors (Lipinski definition) is 0. The van der Waals surface area contributed by atoms with E-state index in [1.54, 1.807) is 0 Å². The SMILES string of the molecule is C=CC1CC[N+](C)(CCCCC[N+]2(C)CCC(C=C)C2)C1. The third-order valence-corrected chi connectivity index (χ3v) is 5.99. The Morgan fingerprint density at radius 2 is 1.24 bits per heavy atom. The standard InChI is InChI=1S/C19H36N2/c1-5-18-10-14-20(3,16-18)12-8-7-9-13-21(4)15-11-19(6-2)17-21/h5-6,18-19H,1-2,7-17H2,3-4H3/q+2. The van der Waals surface area contributed by atoms with E-state index in [4.69, 9.17) is 0 Å². The number of unbranched alkanes of at least 4 members (excludes halogenated alkanes) is 2. The Morgan fingerprint density at radius 1 is 0.810 bits per heavy atom. The molecule has 120 valence electrons. The topological polar surface area (TPSA) is 0 Å². The van der Waals surface area contributed by atoms with Gasteiger partial charge in [-0.2, -0.15) is 0 Å². The summed E-state index contributed by atoms with van der Waals surface area (Å²) in [6, 6.07) is 0. The zero-order chi connectivity index (χ0) is 15.3. The van der Waals surface area contributed by atoms with E-state index in [2.05, 4.69) is 39.4 Å². The molecule has 0 bridgehead atoms. The highest BCUT2D eigenvalue weighted by atomic mass is 15.3. The first-order valence-corrected chi connectivity index (χ1v) is 8.91. The molecule has 2 heterocycles. The minimum Gasteiger partial charge on any atom is -0.326 e. The van der Waals surface area contributed by atoms with Crippen molar-refractivity contribution in [1.29, 1.82) is 0 Å². The fourth-order valence-electron chi connectivity index (χ4n) is 4.41. The maximum Gasteiger partial charge on any atom is 0.0850 e. The Hall–Kier alpha value is -0.600. The van der Waals surface area contributed by atoms with Gasteiger partial charge in [0.15, 0.2) is 0 Å². The van der Waals surface area contributed by atoms with E-state index in [1.807, 2.05) is 0 Å². The van der Waals surface area contributed by atoms with E-state index in [-0.39, 0.29) is 0 Å². The van der Waals surface area contributed by atoms with E-state index in [1.165, 1.54) is 80.3 Å². The smallest absolute Gasteiger partial charge is 0.0850 e. The van der Waals surface area contributed by atoms with Crippen LogP contribution in [0.25, 0.3) is 0 Å². The van der Waals surface area contributed by atoms with Gasteiger partial charge < -0.3 is 8.97 Å². The van der Waals surface area contributed by atoms with Gasteiger partial charge in [-0.25, -0.2) is 0 Å². The molecule has 2 fully saturated rings. The van der Waals surface area contributed by atoms with Crippen molar-refractivity contribution in [2.45, 2.75) is 32.1 Å². The van der Waals surface area contributed by atoms with Gasteiger partial charge in [-0.3, -0.25) is 0 Å². The molecule has 0 spiro atoms. The van der Waals surface area contributed by atoms with Gasteiger partial charge in [0, 0.05) is 24.7 Å². The van der Waals surface area contributed by atoms with Gasteiger partial charge in [-0.05, 0) is 19.3 Å². The number of rotatable bonds is 8. The summed E-state index contributed by atoms with van der Waals surface area (Å²) in [6.07, 6.45) is 11.2. The van der Waals surface area contributed by atoms with E-state index in [0.717, 1.165) is 11.8 Å². The molecule has 4 unspecified atom stereocenters. The average molecular weight is 293 g/mol. The Kier molecular flexibility index (Phi) is 5.67. The highest BCUT2D eigenvalue weighted by molar-refractivity contribution is 4.83. The van der Waals surface area contributed by atoms with Crippen molar-refractivity contribution < 1.29 is 8.97 Å². The second-order valence-corrected chi connectivity index (χ2v) is 8.13. The maximum absolute atomic E-state index is 3.96. The number of hydrogen-bond acceptors (Lipinski definition) is 0. The second kappa shape index (κ2) is 7.11. The molecule has 0 saturated carbocycles. The van der Waals surface area contributed by atoms with Crippen LogP contribution >= 0.6 is 0 Å². The first kappa shape index (κ1) is 16.8. The molecule has 2 saturated heterocycles. The molecule has 0 amide bonds. The Morgan fingerprint density at radius 3 is 1.57 bits per heavy atom. The van der Waals surface area contributed by atoms with Crippen molar-refractivity contribution in [2.75, 3.05) is 53.4 Å². The molecular weight excluding hydrogens is 256 g/mol. The van der Waals surface area contributed by atoms with Crippen LogP contribution in [0.5, 0.6) is 0 Å². The lowest BCUT2D eigenvalue weighted by Gasteiger charge is -2.31. The Balaban J connectivity index is 1.60. The summed E-state index contributed by atoms with van der Waals surface area (Å²) in [4.78, 5) is 0. The normalized spacial score (nSPS) is 39.5. The third kappa shape index (κ3) is 4.69. The molecule has 2 heteroatoms. The zero-order valence-electron chi connectivity index (χ0n) is 14.4. The summed E-state index contributed by atoms with van der Waals surface area (Å²) in [5, 5.41) is 0. The quantitative estimate of drug-likeness (QED) is 0.365. The molecule has 0 radical (unpaired) electrons. The number of nitrogens with zero attached hydrogens (tertiary/aromatic N) is 2. The van der Waals surface area contributed by atoms with Crippen LogP contribution in [-0.4, -0.2) is 62.3 Å². The lowest BCUT2D eigenvalue weighted by Crippen LogP contribution is -2.43. The van der Waals surface area contributed by atoms with Gasteiger partial charge in [0.25, 0.3) is 0 Å². The van der Waals surface area contributed by atoms with Crippen molar-refractivity contribution in [3.05, 3.63) is 25.3 Å². The summed E-state index contributed by atoms with van der Waals surface area (Å²) in [6.45, 7) is 16.0. The van der Waals surface area contributed by atoms with Crippen molar-refractivity contribution in [1.82, 2.24) is 0 Å². The van der Waals surface area contributed by atoms with Gasteiger partial charge in [0.1, 0.15) is 0 Å². The molecule has 2 aliphatic rings. The summed E-state index contributed by atoms with van der Waals surface area (Å²) < 4.78 is 2.56. The predicted octanol–water partition coefficient (Wildman–Crippen LogP) is 3.46. The van der Waals surface area contributed by atoms with Gasteiger partial charge in [-0.1, -0.05) is 12.2 Å². The molecule has 2 nitrogen and oxygen atoms in total. The van der Waals surface area contributed by atoms with Crippen LogP contribution in [0.4, 0.5) is 0 Å². The molecule has 2 aliphatic heterocycles. The van der Waals surface area contributed by atoms with Gasteiger partial charge in [-0.15, -0.1) is 13.2 Å². The highest BCUT2D eigenvalue weighted by Gasteiger charge is 2.33. The molecule has 0 N–H and O–H groups in total. The monoisotopic (exact) mass is 292 g/mol. The molecule has 4 atom stereocenters. The van der Waals surface area contributed by atoms with E-state index in [9.17, 15) is 0 Å². The van der Waals surface area contributed by atoms with Crippen LogP contribution in [0, 0.1) is 11.8 Å². The summed E-state index contributed by atoms with van der Waals surface area (Å²) in [5.74, 6) is 1.53. The van der Waals surface area contributed by atoms with E-state index < -0.39 is 0 Å². The number of quaternary nitrogens is 2. The highest BCUT2D eigenvalue weighted by Crippen LogP contribution is 2.25. The van der Waals surface area contributed by atoms with Gasteiger partial charge >= 0.3 is 0 Å². The zero-order valence-corrected chi connectivity index (χ0v) is 14.4. The minimum atomic E-state index is 0.764. The van der Waals surface area contributed by atoms with Gasteiger partial charge in [0.05, 0.1) is 53.4 Å². The minimum absolute atomic E-state index is 0.764. The lowest BCUT2D eigenvalue weighted by atomic mass is 10.1. The van der Waals surface area contributed by atoms with Crippen LogP contribution < -0.4 is 0 Å². The molecular formula is C19H36N2+2. The Labute approximate surface area is 132 Å². The first-order chi connectivity index (χ1) is 9.99. The molecule has 0 aromatic carbocycles. The van der Waals surface area contributed by atoms with Crippen molar-refractivity contribution >= 4 is 0 Å². The molecule has 21 heavy (non-hydrogen) atoms. The van der Waals surface area contributed by atoms with E-state index in [0.29, 0.717) is 0 Å². The molecule has 0 aromatic rings. The summed E-state index contributed by atoms with van der Waals surface area (Å²) in [5.41, 5.74) is 0. The maximum atomic E-state index is 3.96. The summed E-state index contributed by atoms with van der Waals surface area (Å²) in [7, 11) is 4.87. The van der Waals surface area contributed by atoms with Crippen molar-refractivity contribution in [3.8, 4) is 0 Å². The summed E-state index contributed by atoms with van der Waals surface area (Å²) >= 11 is 0. The molecule has 0 aromatic heterocycles. The van der Waals surface area contributed by atoms with Gasteiger partial charge in [0.2, 0.25) is 0 Å².